The summed E-state index contributed by atoms with van der Waals surface area (Å²) in [6.45, 7) is 5.53. The normalized spacial score (nSPS) is 16.0. The molecule has 0 aliphatic carbocycles. The summed E-state index contributed by atoms with van der Waals surface area (Å²) in [5.74, 6) is -0.273. The number of aromatic nitrogens is 4. The van der Waals surface area contributed by atoms with Gasteiger partial charge in [0.2, 0.25) is 5.82 Å². The van der Waals surface area contributed by atoms with Crippen LogP contribution in [0.4, 0.5) is 0 Å². The molecule has 10 heteroatoms. The summed E-state index contributed by atoms with van der Waals surface area (Å²) >= 11 is 1.60. The molecular weight excluding hydrogens is 370 g/mol. The van der Waals surface area contributed by atoms with E-state index in [0.29, 0.717) is 25.4 Å². The number of hydrogen-bond donors (Lipinski definition) is 2. The highest BCUT2D eigenvalue weighted by Gasteiger charge is 2.31. The second-order valence-electron chi connectivity index (χ2n) is 6.95. The number of aliphatic hydroxyl groups is 1. The molecule has 0 bridgehead atoms. The minimum Gasteiger partial charge on any atom is -0.394 e. The third kappa shape index (κ3) is 3.53. The van der Waals surface area contributed by atoms with Crippen molar-refractivity contribution in [2.75, 3.05) is 26.4 Å². The van der Waals surface area contributed by atoms with Gasteiger partial charge < -0.3 is 19.9 Å². The van der Waals surface area contributed by atoms with E-state index in [-0.39, 0.29) is 30.5 Å². The summed E-state index contributed by atoms with van der Waals surface area (Å²) in [4.78, 5) is 23.3. The number of carbonyl (C=O) groups is 1. The van der Waals surface area contributed by atoms with Gasteiger partial charge in [-0.15, -0.1) is 16.4 Å². The van der Waals surface area contributed by atoms with Crippen molar-refractivity contribution in [3.63, 3.8) is 0 Å². The summed E-state index contributed by atoms with van der Waals surface area (Å²) in [5.41, 5.74) is 1.57. The Kier molecular flexibility index (Phi) is 4.81. The van der Waals surface area contributed by atoms with Gasteiger partial charge in [-0.2, -0.15) is 0 Å². The van der Waals surface area contributed by atoms with E-state index in [1.807, 2.05) is 0 Å². The highest BCUT2D eigenvalue weighted by Crippen LogP contribution is 2.39. The van der Waals surface area contributed by atoms with E-state index in [2.05, 4.69) is 34.2 Å². The minimum atomic E-state index is -0.368. The van der Waals surface area contributed by atoms with Gasteiger partial charge >= 0.3 is 0 Å². The second kappa shape index (κ2) is 7.12. The number of rotatable bonds is 6. The van der Waals surface area contributed by atoms with Crippen LogP contribution in [0.15, 0.2) is 6.33 Å². The highest BCUT2D eigenvalue weighted by atomic mass is 32.1. The first kappa shape index (κ1) is 18.2. The fraction of sp³-hybridized carbons (Fsp3) is 0.529. The van der Waals surface area contributed by atoms with Crippen molar-refractivity contribution in [1.82, 2.24) is 24.9 Å². The van der Waals surface area contributed by atoms with Crippen LogP contribution in [0.2, 0.25) is 0 Å². The Morgan fingerprint density at radius 3 is 3.15 bits per heavy atom. The van der Waals surface area contributed by atoms with Crippen LogP contribution < -0.4 is 5.32 Å². The molecule has 3 aromatic heterocycles. The summed E-state index contributed by atoms with van der Waals surface area (Å²) in [5, 5.41) is 16.6. The van der Waals surface area contributed by atoms with E-state index < -0.39 is 0 Å². The van der Waals surface area contributed by atoms with Crippen LogP contribution >= 0.6 is 11.3 Å². The molecule has 1 amide bonds. The van der Waals surface area contributed by atoms with E-state index in [0.717, 1.165) is 21.5 Å². The van der Waals surface area contributed by atoms with Crippen molar-refractivity contribution in [3.8, 4) is 0 Å². The lowest BCUT2D eigenvalue weighted by Crippen LogP contribution is -2.31. The Morgan fingerprint density at radius 2 is 2.33 bits per heavy atom. The molecule has 9 nitrogen and oxygen atoms in total. The van der Waals surface area contributed by atoms with Crippen LogP contribution in [0.5, 0.6) is 0 Å². The number of aliphatic hydroxyl groups excluding tert-OH is 1. The molecule has 0 saturated heterocycles. The molecule has 4 heterocycles. The average Bonchev–Trinajstić information content (AvgIpc) is 3.21. The van der Waals surface area contributed by atoms with Crippen molar-refractivity contribution in [3.05, 3.63) is 22.6 Å². The van der Waals surface area contributed by atoms with Crippen LogP contribution in [0.3, 0.4) is 0 Å². The minimum absolute atomic E-state index is 0.0439. The van der Waals surface area contributed by atoms with Crippen LogP contribution in [0, 0.1) is 0 Å². The van der Waals surface area contributed by atoms with Gasteiger partial charge in [0.05, 0.1) is 37.4 Å². The van der Waals surface area contributed by atoms with Crippen molar-refractivity contribution in [2.24, 2.45) is 0 Å². The summed E-state index contributed by atoms with van der Waals surface area (Å²) < 4.78 is 12.6. The zero-order chi connectivity index (χ0) is 19.0. The lowest BCUT2D eigenvalue weighted by atomic mass is 9.94. The number of nitrogens with one attached hydrogen (secondary N) is 1. The first-order valence-electron chi connectivity index (χ1n) is 8.75. The Hall–Kier alpha value is -2.14. The summed E-state index contributed by atoms with van der Waals surface area (Å²) in [6, 6.07) is 0. The Morgan fingerprint density at radius 1 is 1.48 bits per heavy atom. The number of nitrogens with zero attached hydrogens (tertiary/aromatic N) is 4. The smallest absolute Gasteiger partial charge is 0.291 e. The Bertz CT molecular complexity index is 996. The molecule has 2 N–H and O–H groups in total. The van der Waals surface area contributed by atoms with Crippen LogP contribution in [0.1, 0.15) is 34.9 Å². The molecule has 3 aromatic rings. The van der Waals surface area contributed by atoms with Crippen molar-refractivity contribution < 1.29 is 19.4 Å². The van der Waals surface area contributed by atoms with Gasteiger partial charge in [-0.3, -0.25) is 4.79 Å². The monoisotopic (exact) mass is 391 g/mol. The molecule has 1 aliphatic rings. The maximum absolute atomic E-state index is 12.3. The lowest BCUT2D eigenvalue weighted by Gasteiger charge is -2.30. The molecule has 0 fully saturated rings. The molecular formula is C17H21N5O4S. The zero-order valence-corrected chi connectivity index (χ0v) is 16.0. The molecule has 1 aliphatic heterocycles. The predicted molar refractivity (Wildman–Crippen MR) is 99.0 cm³/mol. The first-order valence-corrected chi connectivity index (χ1v) is 9.56. The van der Waals surface area contributed by atoms with Gasteiger partial charge in [-0.1, -0.05) is 0 Å². The van der Waals surface area contributed by atoms with Crippen LogP contribution in [-0.4, -0.2) is 62.6 Å². The SMILES string of the molecule is CC1(C)Cc2c(sc3ncn4nc(C(=O)NCCOCCO)nc4c23)CO1. The summed E-state index contributed by atoms with van der Waals surface area (Å²) in [7, 11) is 0. The largest absolute Gasteiger partial charge is 0.394 e. The molecule has 4 rings (SSSR count). The number of thiophene rings is 1. The number of ether oxygens (including phenoxy) is 2. The highest BCUT2D eigenvalue weighted by molar-refractivity contribution is 7.19. The Balaban J connectivity index is 1.63. The maximum atomic E-state index is 12.3. The number of hydrogen-bond acceptors (Lipinski definition) is 8. The van der Waals surface area contributed by atoms with Gasteiger partial charge in [-0.25, -0.2) is 14.5 Å². The lowest BCUT2D eigenvalue weighted by molar-refractivity contribution is -0.0379. The fourth-order valence-electron chi connectivity index (χ4n) is 3.12. The summed E-state index contributed by atoms with van der Waals surface area (Å²) in [6.07, 6.45) is 2.35. The van der Waals surface area contributed by atoms with Gasteiger partial charge in [0.15, 0.2) is 5.65 Å². The van der Waals surface area contributed by atoms with E-state index in [9.17, 15) is 4.79 Å². The molecule has 0 aromatic carbocycles. The average molecular weight is 391 g/mol. The molecule has 0 atom stereocenters. The fourth-order valence-corrected chi connectivity index (χ4v) is 4.19. The van der Waals surface area contributed by atoms with Gasteiger partial charge in [0.25, 0.3) is 5.91 Å². The maximum Gasteiger partial charge on any atom is 0.291 e. The number of fused-ring (bicyclic) bond motifs is 5. The van der Waals surface area contributed by atoms with Gasteiger partial charge in [0, 0.05) is 17.8 Å². The van der Waals surface area contributed by atoms with Crippen LogP contribution in [0.25, 0.3) is 15.9 Å². The third-order valence-corrected chi connectivity index (χ3v) is 5.49. The van der Waals surface area contributed by atoms with E-state index in [1.54, 1.807) is 22.2 Å². The van der Waals surface area contributed by atoms with E-state index in [4.69, 9.17) is 14.6 Å². The standard InChI is InChI=1S/C17H21N5O4S/c1-17(2)7-10-11(8-26-17)27-16-12(10)14-20-13(21-22(14)9-19-16)15(24)18-3-5-25-6-4-23/h9,23H,3-8H2,1-2H3,(H,18,24). The van der Waals surface area contributed by atoms with Crippen molar-refractivity contribution >= 4 is 33.1 Å². The molecule has 27 heavy (non-hydrogen) atoms. The van der Waals surface area contributed by atoms with E-state index in [1.165, 1.54) is 5.56 Å². The molecule has 144 valence electrons. The number of carbonyl (C=O) groups excluding carboxylic acids is 1. The Labute approximate surface area is 159 Å². The van der Waals surface area contributed by atoms with Gasteiger partial charge in [0.1, 0.15) is 11.2 Å². The third-order valence-electron chi connectivity index (χ3n) is 4.38. The topological polar surface area (TPSA) is 111 Å². The first-order chi connectivity index (χ1) is 13.0. The van der Waals surface area contributed by atoms with Crippen molar-refractivity contribution in [2.45, 2.75) is 32.5 Å². The molecule has 0 spiro atoms. The quantitative estimate of drug-likeness (QED) is 0.601. The zero-order valence-electron chi connectivity index (χ0n) is 15.2. The molecule has 0 radical (unpaired) electrons. The van der Waals surface area contributed by atoms with Crippen molar-refractivity contribution in [1.29, 1.82) is 0 Å². The predicted octanol–water partition coefficient (Wildman–Crippen LogP) is 0.929. The molecule has 0 unspecified atom stereocenters. The van der Waals surface area contributed by atoms with Gasteiger partial charge in [-0.05, 0) is 19.4 Å². The number of amides is 1. The second-order valence-corrected chi connectivity index (χ2v) is 8.03. The van der Waals surface area contributed by atoms with Crippen LogP contribution in [-0.2, 0) is 22.5 Å². The van der Waals surface area contributed by atoms with E-state index >= 15 is 0 Å². The molecule has 0 saturated carbocycles.